The van der Waals surface area contributed by atoms with Gasteiger partial charge in [0.1, 0.15) is 18.1 Å². The summed E-state index contributed by atoms with van der Waals surface area (Å²) < 4.78 is 10.3. The van der Waals surface area contributed by atoms with E-state index in [4.69, 9.17) is 4.74 Å². The van der Waals surface area contributed by atoms with Gasteiger partial charge < -0.3 is 14.6 Å². The smallest absolute Gasteiger partial charge is 0.427 e. The zero-order valence-corrected chi connectivity index (χ0v) is 13.4. The van der Waals surface area contributed by atoms with Crippen LogP contribution in [0, 0.1) is 0 Å². The largest absolute Gasteiger partial charge is 0.508 e. The highest BCUT2D eigenvalue weighted by Crippen LogP contribution is 2.24. The molecule has 0 aromatic heterocycles. The zero-order chi connectivity index (χ0) is 17.2. The lowest BCUT2D eigenvalue weighted by atomic mass is 10.1. The Balaban J connectivity index is 1.85. The lowest BCUT2D eigenvalue weighted by Gasteiger charge is -2.08. The number of carbonyl (C=O) groups excluding carboxylic acids is 1. The summed E-state index contributed by atoms with van der Waals surface area (Å²) in [7, 11) is 0. The zero-order valence-electron chi connectivity index (χ0n) is 13.4. The molecule has 0 fully saturated rings. The summed E-state index contributed by atoms with van der Waals surface area (Å²) in [6.45, 7) is 2.43. The van der Waals surface area contributed by atoms with Crippen LogP contribution in [-0.2, 0) is 17.8 Å². The van der Waals surface area contributed by atoms with Crippen LogP contribution in [0.3, 0.4) is 0 Å². The van der Waals surface area contributed by atoms with Gasteiger partial charge >= 0.3 is 6.09 Å². The van der Waals surface area contributed by atoms with Gasteiger partial charge in [0.25, 0.3) is 0 Å². The highest BCUT2D eigenvalue weighted by atomic mass is 16.5. The summed E-state index contributed by atoms with van der Waals surface area (Å²) in [4.78, 5) is 11.0. The van der Waals surface area contributed by atoms with E-state index in [2.05, 4.69) is 15.3 Å². The third kappa shape index (κ3) is 5.64. The minimum Gasteiger partial charge on any atom is -0.508 e. The Morgan fingerprint density at radius 1 is 1.25 bits per heavy atom. The molecule has 0 aliphatic carbocycles. The van der Waals surface area contributed by atoms with Crippen LogP contribution < -0.4 is 10.2 Å². The number of amides is 1. The van der Waals surface area contributed by atoms with Crippen molar-refractivity contribution in [2.24, 2.45) is 5.10 Å². The lowest BCUT2D eigenvalue weighted by molar-refractivity contribution is 0.152. The number of hydrazone groups is 1. The highest BCUT2D eigenvalue weighted by Gasteiger charge is 2.03. The Morgan fingerprint density at radius 3 is 2.75 bits per heavy atom. The van der Waals surface area contributed by atoms with Crippen LogP contribution in [0.15, 0.2) is 53.6 Å². The minimum absolute atomic E-state index is 0.114. The molecule has 0 heterocycles. The standard InChI is InChI=1S/C18H20N2O4/c1-2-23-18(22)20-19-11-10-15-8-9-16(12-17(15)21)24-13-14-6-4-3-5-7-14/h3-9,11-12,21H,2,10,13H2,1H3,(H,20,22). The van der Waals surface area contributed by atoms with Crippen molar-refractivity contribution in [3.63, 3.8) is 0 Å². The van der Waals surface area contributed by atoms with E-state index >= 15 is 0 Å². The number of hydrogen-bond acceptors (Lipinski definition) is 5. The van der Waals surface area contributed by atoms with Crippen LogP contribution in [0.5, 0.6) is 11.5 Å². The van der Waals surface area contributed by atoms with Crippen LogP contribution >= 0.6 is 0 Å². The second-order valence-corrected chi connectivity index (χ2v) is 4.91. The molecular weight excluding hydrogens is 308 g/mol. The van der Waals surface area contributed by atoms with Gasteiger partial charge in [0.15, 0.2) is 0 Å². The first-order valence-corrected chi connectivity index (χ1v) is 7.62. The molecule has 2 rings (SSSR count). The summed E-state index contributed by atoms with van der Waals surface area (Å²) >= 11 is 0. The molecule has 1 amide bonds. The summed E-state index contributed by atoms with van der Waals surface area (Å²) in [5.41, 5.74) is 3.96. The Labute approximate surface area is 140 Å². The summed E-state index contributed by atoms with van der Waals surface area (Å²) in [5, 5.41) is 13.8. The maximum absolute atomic E-state index is 11.0. The van der Waals surface area contributed by atoms with Crippen molar-refractivity contribution in [2.75, 3.05) is 6.61 Å². The molecule has 0 saturated carbocycles. The molecule has 0 saturated heterocycles. The van der Waals surface area contributed by atoms with Gasteiger partial charge in [0.05, 0.1) is 6.61 Å². The van der Waals surface area contributed by atoms with Crippen LogP contribution in [0.25, 0.3) is 0 Å². The van der Waals surface area contributed by atoms with Crippen molar-refractivity contribution in [3.05, 3.63) is 59.7 Å². The monoisotopic (exact) mass is 328 g/mol. The van der Waals surface area contributed by atoms with Crippen molar-refractivity contribution in [1.29, 1.82) is 0 Å². The molecule has 0 unspecified atom stereocenters. The van der Waals surface area contributed by atoms with Crippen LogP contribution in [0.1, 0.15) is 18.1 Å². The van der Waals surface area contributed by atoms with Gasteiger partial charge in [-0.25, -0.2) is 10.2 Å². The fourth-order valence-corrected chi connectivity index (χ4v) is 1.95. The van der Waals surface area contributed by atoms with Gasteiger partial charge in [-0.3, -0.25) is 0 Å². The normalized spacial score (nSPS) is 10.5. The van der Waals surface area contributed by atoms with Crippen molar-refractivity contribution >= 4 is 12.3 Å². The molecule has 0 atom stereocenters. The van der Waals surface area contributed by atoms with Crippen LogP contribution in [0.2, 0.25) is 0 Å². The van der Waals surface area contributed by atoms with E-state index in [1.807, 2.05) is 30.3 Å². The van der Waals surface area contributed by atoms with Gasteiger partial charge in [-0.2, -0.15) is 5.10 Å². The summed E-state index contributed by atoms with van der Waals surface area (Å²) in [5.74, 6) is 0.699. The second kappa shape index (κ2) is 9.19. The minimum atomic E-state index is -0.609. The molecule has 2 aromatic carbocycles. The summed E-state index contributed by atoms with van der Waals surface area (Å²) in [6, 6.07) is 14.9. The second-order valence-electron chi connectivity index (χ2n) is 4.91. The summed E-state index contributed by atoms with van der Waals surface area (Å²) in [6.07, 6.45) is 1.25. The first kappa shape index (κ1) is 17.3. The average Bonchev–Trinajstić information content (AvgIpc) is 2.59. The number of phenolic OH excluding ortho intramolecular Hbond substituents is 1. The number of rotatable bonds is 7. The van der Waals surface area contributed by atoms with Crippen molar-refractivity contribution in [2.45, 2.75) is 20.0 Å². The van der Waals surface area contributed by atoms with Crippen LogP contribution in [-0.4, -0.2) is 24.0 Å². The molecule has 24 heavy (non-hydrogen) atoms. The van der Waals surface area contributed by atoms with Gasteiger partial charge in [-0.1, -0.05) is 36.4 Å². The number of nitrogens with one attached hydrogen (secondary N) is 1. The third-order valence-electron chi connectivity index (χ3n) is 3.14. The van der Waals surface area contributed by atoms with E-state index in [0.717, 1.165) is 5.56 Å². The Morgan fingerprint density at radius 2 is 2.04 bits per heavy atom. The van der Waals surface area contributed by atoms with Gasteiger partial charge in [-0.15, -0.1) is 0 Å². The number of hydrogen-bond donors (Lipinski definition) is 2. The van der Waals surface area contributed by atoms with Gasteiger partial charge in [-0.05, 0) is 24.1 Å². The number of carbonyl (C=O) groups is 1. The van der Waals surface area contributed by atoms with E-state index in [1.165, 1.54) is 6.21 Å². The quantitative estimate of drug-likeness (QED) is 0.604. The predicted molar refractivity (Wildman–Crippen MR) is 91.2 cm³/mol. The number of phenols is 1. The van der Waals surface area contributed by atoms with Crippen molar-refractivity contribution in [3.8, 4) is 11.5 Å². The molecule has 0 radical (unpaired) electrons. The Bertz CT molecular complexity index is 687. The predicted octanol–water partition coefficient (Wildman–Crippen LogP) is 3.25. The number of ether oxygens (including phenoxy) is 2. The number of aromatic hydroxyl groups is 1. The Hall–Kier alpha value is -3.02. The molecule has 6 nitrogen and oxygen atoms in total. The molecule has 2 N–H and O–H groups in total. The molecular formula is C18H20N2O4. The Kier molecular flexibility index (Phi) is 6.64. The van der Waals surface area contributed by atoms with Gasteiger partial charge in [0.2, 0.25) is 0 Å². The number of benzene rings is 2. The first-order valence-electron chi connectivity index (χ1n) is 7.62. The highest BCUT2D eigenvalue weighted by molar-refractivity contribution is 5.70. The average molecular weight is 328 g/mol. The van der Waals surface area contributed by atoms with Crippen molar-refractivity contribution < 1.29 is 19.4 Å². The SMILES string of the molecule is CCOC(=O)NN=CCc1ccc(OCc2ccccc2)cc1O. The number of nitrogens with zero attached hydrogens (tertiary/aromatic N) is 1. The van der Waals surface area contributed by atoms with Gasteiger partial charge in [0, 0.05) is 18.7 Å². The first-order chi connectivity index (χ1) is 11.7. The maximum Gasteiger partial charge on any atom is 0.427 e. The van der Waals surface area contributed by atoms with Crippen molar-refractivity contribution in [1.82, 2.24) is 5.43 Å². The molecule has 2 aromatic rings. The molecule has 0 spiro atoms. The molecule has 0 aliphatic heterocycles. The molecule has 0 aliphatic rings. The lowest BCUT2D eigenvalue weighted by Crippen LogP contribution is -2.18. The maximum atomic E-state index is 11.0. The third-order valence-corrected chi connectivity index (χ3v) is 3.14. The van der Waals surface area contributed by atoms with E-state index in [0.29, 0.717) is 24.3 Å². The molecule has 126 valence electrons. The fourth-order valence-electron chi connectivity index (χ4n) is 1.95. The molecule has 0 bridgehead atoms. The molecule has 6 heteroatoms. The topological polar surface area (TPSA) is 80.2 Å². The van der Waals surface area contributed by atoms with E-state index in [1.54, 1.807) is 25.1 Å². The van der Waals surface area contributed by atoms with E-state index in [9.17, 15) is 9.90 Å². The fraction of sp³-hybridized carbons (Fsp3) is 0.222. The van der Waals surface area contributed by atoms with E-state index in [-0.39, 0.29) is 12.4 Å². The van der Waals surface area contributed by atoms with Crippen LogP contribution in [0.4, 0.5) is 4.79 Å². The van der Waals surface area contributed by atoms with E-state index < -0.39 is 6.09 Å².